The minimum absolute atomic E-state index is 0.292. The standard InChI is InChI=1S/C21H31NO3/c1-16(2)11-12-22(14-20-10-9-18(4)25-20)13-19(23)15-24-21-8-6-5-7-17(21)3/h5-10,16,19,23H,11-15H2,1-4H3/t19-/m0/s1. The van der Waals surface area contributed by atoms with E-state index in [1.807, 2.05) is 50.2 Å². The maximum absolute atomic E-state index is 10.4. The Hall–Kier alpha value is -1.78. The van der Waals surface area contributed by atoms with Crippen molar-refractivity contribution < 1.29 is 14.3 Å². The fourth-order valence-corrected chi connectivity index (χ4v) is 2.72. The molecule has 1 aromatic carbocycles. The van der Waals surface area contributed by atoms with Crippen LogP contribution in [0.25, 0.3) is 0 Å². The summed E-state index contributed by atoms with van der Waals surface area (Å²) in [6, 6.07) is 11.9. The minimum atomic E-state index is -0.539. The molecule has 4 heteroatoms. The topological polar surface area (TPSA) is 45.8 Å². The molecule has 0 amide bonds. The summed E-state index contributed by atoms with van der Waals surface area (Å²) in [5.41, 5.74) is 1.08. The number of aliphatic hydroxyl groups is 1. The van der Waals surface area contributed by atoms with Gasteiger partial charge < -0.3 is 14.3 Å². The van der Waals surface area contributed by atoms with Crippen LogP contribution in [0.3, 0.4) is 0 Å². The van der Waals surface area contributed by atoms with Gasteiger partial charge in [0.25, 0.3) is 0 Å². The Kier molecular flexibility index (Phi) is 7.53. The van der Waals surface area contributed by atoms with Crippen molar-refractivity contribution in [2.24, 2.45) is 5.92 Å². The van der Waals surface area contributed by atoms with Crippen LogP contribution in [0.2, 0.25) is 0 Å². The zero-order valence-corrected chi connectivity index (χ0v) is 15.9. The number of aryl methyl sites for hydroxylation is 2. The molecule has 1 aromatic heterocycles. The van der Waals surface area contributed by atoms with E-state index < -0.39 is 6.10 Å². The van der Waals surface area contributed by atoms with Gasteiger partial charge in [-0.1, -0.05) is 32.0 Å². The molecular formula is C21H31NO3. The second-order valence-corrected chi connectivity index (χ2v) is 7.16. The van der Waals surface area contributed by atoms with Crippen LogP contribution in [0.15, 0.2) is 40.8 Å². The molecule has 4 nitrogen and oxygen atoms in total. The van der Waals surface area contributed by atoms with Gasteiger partial charge in [0, 0.05) is 6.54 Å². The Bertz CT molecular complexity index is 636. The SMILES string of the molecule is Cc1ccc(CN(CCC(C)C)C[C@H](O)COc2ccccc2C)o1. The van der Waals surface area contributed by atoms with Crippen LogP contribution < -0.4 is 4.74 Å². The summed E-state index contributed by atoms with van der Waals surface area (Å²) in [7, 11) is 0. The number of nitrogens with zero attached hydrogens (tertiary/aromatic N) is 1. The highest BCUT2D eigenvalue weighted by atomic mass is 16.5. The van der Waals surface area contributed by atoms with Gasteiger partial charge in [0.2, 0.25) is 0 Å². The van der Waals surface area contributed by atoms with Crippen molar-refractivity contribution >= 4 is 0 Å². The number of benzene rings is 1. The first-order chi connectivity index (χ1) is 11.9. The van der Waals surface area contributed by atoms with Crippen molar-refractivity contribution in [2.75, 3.05) is 19.7 Å². The predicted molar refractivity (Wildman–Crippen MR) is 101 cm³/mol. The van der Waals surface area contributed by atoms with Gasteiger partial charge in [-0.25, -0.2) is 0 Å². The zero-order valence-electron chi connectivity index (χ0n) is 15.9. The lowest BCUT2D eigenvalue weighted by Crippen LogP contribution is -2.36. The van der Waals surface area contributed by atoms with Gasteiger partial charge in [-0.2, -0.15) is 0 Å². The van der Waals surface area contributed by atoms with Gasteiger partial charge in [-0.05, 0) is 56.5 Å². The highest BCUT2D eigenvalue weighted by molar-refractivity contribution is 5.31. The molecule has 0 fully saturated rings. The van der Waals surface area contributed by atoms with E-state index in [2.05, 4.69) is 18.7 Å². The molecule has 1 heterocycles. The molecule has 0 unspecified atom stereocenters. The number of hydrogen-bond acceptors (Lipinski definition) is 4. The first-order valence-corrected chi connectivity index (χ1v) is 9.08. The van der Waals surface area contributed by atoms with E-state index >= 15 is 0 Å². The maximum Gasteiger partial charge on any atom is 0.122 e. The van der Waals surface area contributed by atoms with Gasteiger partial charge in [-0.3, -0.25) is 4.90 Å². The Morgan fingerprint density at radius 2 is 1.88 bits per heavy atom. The average Bonchev–Trinajstić information content (AvgIpc) is 2.97. The van der Waals surface area contributed by atoms with Gasteiger partial charge >= 0.3 is 0 Å². The van der Waals surface area contributed by atoms with Crippen LogP contribution in [-0.2, 0) is 6.54 Å². The number of hydrogen-bond donors (Lipinski definition) is 1. The zero-order chi connectivity index (χ0) is 18.2. The molecule has 0 saturated heterocycles. The number of furan rings is 1. The third-order valence-electron chi connectivity index (χ3n) is 4.19. The molecule has 25 heavy (non-hydrogen) atoms. The van der Waals surface area contributed by atoms with Crippen molar-refractivity contribution in [3.05, 3.63) is 53.5 Å². The van der Waals surface area contributed by atoms with Crippen molar-refractivity contribution in [1.82, 2.24) is 4.90 Å². The third-order valence-corrected chi connectivity index (χ3v) is 4.19. The monoisotopic (exact) mass is 345 g/mol. The van der Waals surface area contributed by atoms with Crippen LogP contribution >= 0.6 is 0 Å². The van der Waals surface area contributed by atoms with Crippen LogP contribution in [-0.4, -0.2) is 35.8 Å². The molecular weight excluding hydrogens is 314 g/mol. The lowest BCUT2D eigenvalue weighted by Gasteiger charge is -2.25. The molecule has 1 atom stereocenters. The summed E-state index contributed by atoms with van der Waals surface area (Å²) in [6.45, 7) is 10.9. The number of ether oxygens (including phenoxy) is 1. The summed E-state index contributed by atoms with van der Waals surface area (Å²) in [4.78, 5) is 2.24. The molecule has 0 aliphatic rings. The smallest absolute Gasteiger partial charge is 0.122 e. The molecule has 2 rings (SSSR count). The quantitative estimate of drug-likeness (QED) is 0.701. The fraction of sp³-hybridized carbons (Fsp3) is 0.524. The molecule has 0 radical (unpaired) electrons. The second kappa shape index (κ2) is 9.64. The lowest BCUT2D eigenvalue weighted by molar-refractivity contribution is 0.0613. The molecule has 0 aliphatic carbocycles. The van der Waals surface area contributed by atoms with E-state index in [-0.39, 0.29) is 0 Å². The Morgan fingerprint density at radius 1 is 1.12 bits per heavy atom. The van der Waals surface area contributed by atoms with Crippen LogP contribution in [0, 0.1) is 19.8 Å². The molecule has 0 aliphatic heterocycles. The second-order valence-electron chi connectivity index (χ2n) is 7.16. The van der Waals surface area contributed by atoms with E-state index in [4.69, 9.17) is 9.15 Å². The maximum atomic E-state index is 10.4. The first-order valence-electron chi connectivity index (χ1n) is 9.08. The van der Waals surface area contributed by atoms with Crippen LogP contribution in [0.5, 0.6) is 5.75 Å². The van der Waals surface area contributed by atoms with E-state index in [9.17, 15) is 5.11 Å². The largest absolute Gasteiger partial charge is 0.491 e. The third kappa shape index (κ3) is 6.92. The number of aliphatic hydroxyl groups excluding tert-OH is 1. The van der Waals surface area contributed by atoms with Crippen molar-refractivity contribution in [3.63, 3.8) is 0 Å². The minimum Gasteiger partial charge on any atom is -0.491 e. The predicted octanol–water partition coefficient (Wildman–Crippen LogP) is 4.18. The normalized spacial score (nSPS) is 12.8. The van der Waals surface area contributed by atoms with E-state index in [0.29, 0.717) is 25.6 Å². The lowest BCUT2D eigenvalue weighted by atomic mass is 10.1. The molecule has 2 aromatic rings. The molecule has 0 bridgehead atoms. The summed E-state index contributed by atoms with van der Waals surface area (Å²) >= 11 is 0. The molecule has 1 N–H and O–H groups in total. The molecule has 0 spiro atoms. The molecule has 138 valence electrons. The van der Waals surface area contributed by atoms with Gasteiger partial charge in [-0.15, -0.1) is 0 Å². The summed E-state index contributed by atoms with van der Waals surface area (Å²) in [5.74, 6) is 3.31. The van der Waals surface area contributed by atoms with Crippen molar-refractivity contribution in [3.8, 4) is 5.75 Å². The number of para-hydroxylation sites is 1. The Morgan fingerprint density at radius 3 is 2.52 bits per heavy atom. The Labute approximate surface area is 151 Å². The van der Waals surface area contributed by atoms with Crippen molar-refractivity contribution in [1.29, 1.82) is 0 Å². The van der Waals surface area contributed by atoms with Crippen molar-refractivity contribution in [2.45, 2.75) is 46.8 Å². The van der Waals surface area contributed by atoms with Crippen LogP contribution in [0.4, 0.5) is 0 Å². The van der Waals surface area contributed by atoms with E-state index in [0.717, 1.165) is 35.8 Å². The van der Waals surface area contributed by atoms with E-state index in [1.54, 1.807) is 0 Å². The summed E-state index contributed by atoms with van der Waals surface area (Å²) < 4.78 is 11.5. The summed E-state index contributed by atoms with van der Waals surface area (Å²) in [6.07, 6.45) is 0.549. The van der Waals surface area contributed by atoms with Crippen LogP contribution in [0.1, 0.15) is 37.4 Å². The fourth-order valence-electron chi connectivity index (χ4n) is 2.72. The van der Waals surface area contributed by atoms with Gasteiger partial charge in [0.1, 0.15) is 30.0 Å². The van der Waals surface area contributed by atoms with E-state index in [1.165, 1.54) is 0 Å². The summed E-state index contributed by atoms with van der Waals surface area (Å²) in [5, 5.41) is 10.4. The Balaban J connectivity index is 1.88. The highest BCUT2D eigenvalue weighted by Crippen LogP contribution is 2.17. The highest BCUT2D eigenvalue weighted by Gasteiger charge is 2.15. The van der Waals surface area contributed by atoms with Gasteiger partial charge in [0.15, 0.2) is 0 Å². The number of rotatable bonds is 10. The molecule has 0 saturated carbocycles. The van der Waals surface area contributed by atoms with Gasteiger partial charge in [0.05, 0.1) is 6.54 Å². The first kappa shape index (κ1) is 19.5. The average molecular weight is 345 g/mol.